The van der Waals surface area contributed by atoms with Crippen molar-refractivity contribution in [2.45, 2.75) is 47.6 Å². The van der Waals surface area contributed by atoms with Gasteiger partial charge in [-0.1, -0.05) is 36.9 Å². The van der Waals surface area contributed by atoms with Crippen molar-refractivity contribution in [2.24, 2.45) is 10.8 Å². The van der Waals surface area contributed by atoms with Crippen LogP contribution < -0.4 is 0 Å². The van der Waals surface area contributed by atoms with Gasteiger partial charge < -0.3 is 9.47 Å². The van der Waals surface area contributed by atoms with Crippen molar-refractivity contribution in [3.63, 3.8) is 0 Å². The molecule has 1 aromatic carbocycles. The standard InChI is InChI=1S/C20H28O4/c1-7-11-23-18(22)20(5,6)13-15-9-8-10-16(12-15)14-24-17(21)19(2,3)4/h7-10,12H,1,11,13-14H2,2-6H3. The molecule has 0 aliphatic rings. The van der Waals surface area contributed by atoms with Crippen molar-refractivity contribution in [3.05, 3.63) is 48.0 Å². The fourth-order valence-corrected chi connectivity index (χ4v) is 2.11. The summed E-state index contributed by atoms with van der Waals surface area (Å²) in [4.78, 5) is 23.9. The zero-order valence-corrected chi connectivity index (χ0v) is 15.3. The van der Waals surface area contributed by atoms with Crippen molar-refractivity contribution in [1.29, 1.82) is 0 Å². The van der Waals surface area contributed by atoms with Gasteiger partial charge in [-0.15, -0.1) is 0 Å². The molecule has 4 heteroatoms. The molecule has 0 fully saturated rings. The summed E-state index contributed by atoms with van der Waals surface area (Å²) in [6.07, 6.45) is 2.10. The first-order valence-electron chi connectivity index (χ1n) is 8.09. The fourth-order valence-electron chi connectivity index (χ4n) is 2.11. The van der Waals surface area contributed by atoms with E-state index in [-0.39, 0.29) is 25.2 Å². The molecular weight excluding hydrogens is 304 g/mol. The van der Waals surface area contributed by atoms with Crippen LogP contribution in [-0.4, -0.2) is 18.5 Å². The molecule has 0 aromatic heterocycles. The Morgan fingerprint density at radius 2 is 1.67 bits per heavy atom. The molecule has 0 aliphatic carbocycles. The first-order valence-corrected chi connectivity index (χ1v) is 8.09. The molecule has 132 valence electrons. The molecule has 0 radical (unpaired) electrons. The lowest BCUT2D eigenvalue weighted by Crippen LogP contribution is -2.29. The summed E-state index contributed by atoms with van der Waals surface area (Å²) in [5, 5.41) is 0. The minimum absolute atomic E-state index is 0.213. The van der Waals surface area contributed by atoms with E-state index in [1.54, 1.807) is 6.08 Å². The van der Waals surface area contributed by atoms with Crippen molar-refractivity contribution < 1.29 is 19.1 Å². The fraction of sp³-hybridized carbons (Fsp3) is 0.500. The molecular formula is C20H28O4. The molecule has 0 heterocycles. The highest BCUT2D eigenvalue weighted by Gasteiger charge is 2.29. The van der Waals surface area contributed by atoms with E-state index in [0.717, 1.165) is 11.1 Å². The van der Waals surface area contributed by atoms with Crippen molar-refractivity contribution in [3.8, 4) is 0 Å². The molecule has 4 nitrogen and oxygen atoms in total. The van der Waals surface area contributed by atoms with Crippen LogP contribution in [0.15, 0.2) is 36.9 Å². The highest BCUT2D eigenvalue weighted by atomic mass is 16.5. The van der Waals surface area contributed by atoms with Crippen LogP contribution in [0.25, 0.3) is 0 Å². The SMILES string of the molecule is C=CCOC(=O)C(C)(C)Cc1cccc(COC(=O)C(C)(C)C)c1. The first kappa shape index (κ1) is 19.9. The normalized spacial score (nSPS) is 11.7. The van der Waals surface area contributed by atoms with E-state index >= 15 is 0 Å². The number of ether oxygens (including phenoxy) is 2. The summed E-state index contributed by atoms with van der Waals surface area (Å²) < 4.78 is 10.5. The molecule has 0 amide bonds. The molecule has 1 rings (SSSR count). The van der Waals surface area contributed by atoms with Crippen LogP contribution in [-0.2, 0) is 32.1 Å². The molecule has 24 heavy (non-hydrogen) atoms. The number of benzene rings is 1. The van der Waals surface area contributed by atoms with Crippen LogP contribution in [0.3, 0.4) is 0 Å². The smallest absolute Gasteiger partial charge is 0.312 e. The maximum absolute atomic E-state index is 12.1. The zero-order chi connectivity index (χ0) is 18.4. The van der Waals surface area contributed by atoms with E-state index < -0.39 is 10.8 Å². The molecule has 1 aromatic rings. The Hall–Kier alpha value is -2.10. The lowest BCUT2D eigenvalue weighted by atomic mass is 9.85. The molecule has 0 N–H and O–H groups in total. The van der Waals surface area contributed by atoms with E-state index in [1.165, 1.54) is 0 Å². The molecule has 0 atom stereocenters. The molecule has 0 unspecified atom stereocenters. The maximum atomic E-state index is 12.1. The van der Waals surface area contributed by atoms with E-state index in [4.69, 9.17) is 9.47 Å². The Kier molecular flexibility index (Phi) is 6.76. The van der Waals surface area contributed by atoms with Gasteiger partial charge in [0, 0.05) is 0 Å². The minimum Gasteiger partial charge on any atom is -0.461 e. The topological polar surface area (TPSA) is 52.6 Å². The third-order valence-electron chi connectivity index (χ3n) is 3.50. The highest BCUT2D eigenvalue weighted by Crippen LogP contribution is 2.24. The first-order chi connectivity index (χ1) is 11.1. The molecule has 0 spiro atoms. The summed E-state index contributed by atoms with van der Waals surface area (Å²) in [7, 11) is 0. The largest absolute Gasteiger partial charge is 0.461 e. The number of carbonyl (C=O) groups is 2. The third-order valence-corrected chi connectivity index (χ3v) is 3.50. The van der Waals surface area contributed by atoms with E-state index in [9.17, 15) is 9.59 Å². The van der Waals surface area contributed by atoms with Crippen LogP contribution in [0.2, 0.25) is 0 Å². The van der Waals surface area contributed by atoms with Crippen LogP contribution in [0, 0.1) is 10.8 Å². The number of hydrogen-bond acceptors (Lipinski definition) is 4. The summed E-state index contributed by atoms with van der Waals surface area (Å²) in [5.74, 6) is -0.492. The number of carbonyl (C=O) groups excluding carboxylic acids is 2. The van der Waals surface area contributed by atoms with E-state index in [1.807, 2.05) is 58.9 Å². The van der Waals surface area contributed by atoms with Gasteiger partial charge >= 0.3 is 11.9 Å². The maximum Gasteiger partial charge on any atom is 0.312 e. The summed E-state index contributed by atoms with van der Waals surface area (Å²) in [5.41, 5.74) is 0.748. The monoisotopic (exact) mass is 332 g/mol. The summed E-state index contributed by atoms with van der Waals surface area (Å²) in [6.45, 7) is 13.2. The van der Waals surface area contributed by atoms with Gasteiger partial charge in [0.05, 0.1) is 10.8 Å². The van der Waals surface area contributed by atoms with Gasteiger partial charge in [-0.05, 0) is 52.2 Å². The van der Waals surface area contributed by atoms with Crippen LogP contribution in [0.5, 0.6) is 0 Å². The Labute approximate surface area is 144 Å². The predicted molar refractivity (Wildman–Crippen MR) is 94.3 cm³/mol. The van der Waals surface area contributed by atoms with Gasteiger partial charge in [0.1, 0.15) is 13.2 Å². The zero-order valence-electron chi connectivity index (χ0n) is 15.3. The molecule has 0 bridgehead atoms. The van der Waals surface area contributed by atoms with E-state index in [2.05, 4.69) is 6.58 Å². The second-order valence-electron chi connectivity index (χ2n) is 7.59. The molecule has 0 aliphatic heterocycles. The quantitative estimate of drug-likeness (QED) is 0.558. The van der Waals surface area contributed by atoms with Crippen LogP contribution in [0.4, 0.5) is 0 Å². The summed E-state index contributed by atoms with van der Waals surface area (Å²) in [6, 6.07) is 7.72. The van der Waals surface area contributed by atoms with Gasteiger partial charge in [-0.2, -0.15) is 0 Å². The van der Waals surface area contributed by atoms with Gasteiger partial charge in [0.25, 0.3) is 0 Å². The Balaban J connectivity index is 2.73. The third kappa shape index (κ3) is 6.19. The van der Waals surface area contributed by atoms with Crippen LogP contribution >= 0.6 is 0 Å². The van der Waals surface area contributed by atoms with Crippen molar-refractivity contribution >= 4 is 11.9 Å². The van der Waals surface area contributed by atoms with Gasteiger partial charge in [0.15, 0.2) is 0 Å². The average Bonchev–Trinajstić information content (AvgIpc) is 2.49. The van der Waals surface area contributed by atoms with Crippen LogP contribution in [0.1, 0.15) is 45.7 Å². The Morgan fingerprint density at radius 3 is 2.25 bits per heavy atom. The van der Waals surface area contributed by atoms with Crippen molar-refractivity contribution in [2.75, 3.05) is 6.61 Å². The number of hydrogen-bond donors (Lipinski definition) is 0. The second-order valence-corrected chi connectivity index (χ2v) is 7.59. The van der Waals surface area contributed by atoms with E-state index in [0.29, 0.717) is 6.42 Å². The predicted octanol–water partition coefficient (Wildman–Crippen LogP) is 4.07. The second kappa shape index (κ2) is 8.13. The van der Waals surface area contributed by atoms with Gasteiger partial charge in [-0.3, -0.25) is 9.59 Å². The van der Waals surface area contributed by atoms with Crippen molar-refractivity contribution in [1.82, 2.24) is 0 Å². The average molecular weight is 332 g/mol. The molecule has 0 saturated carbocycles. The Morgan fingerprint density at radius 1 is 1.04 bits per heavy atom. The van der Waals surface area contributed by atoms with Gasteiger partial charge in [0.2, 0.25) is 0 Å². The number of esters is 2. The molecule has 0 saturated heterocycles. The van der Waals surface area contributed by atoms with Gasteiger partial charge in [-0.25, -0.2) is 0 Å². The lowest BCUT2D eigenvalue weighted by molar-refractivity contribution is -0.154. The minimum atomic E-state index is -0.635. The Bertz CT molecular complexity index is 594. The lowest BCUT2D eigenvalue weighted by Gasteiger charge is -2.22. The number of rotatable bonds is 7. The highest BCUT2D eigenvalue weighted by molar-refractivity contribution is 5.76. The summed E-state index contributed by atoms with van der Waals surface area (Å²) >= 11 is 0.